The summed E-state index contributed by atoms with van der Waals surface area (Å²) in [6, 6.07) is 10.7. The molecule has 0 spiro atoms. The number of amides is 1. The second kappa shape index (κ2) is 9.13. The summed E-state index contributed by atoms with van der Waals surface area (Å²) in [4.78, 5) is 24.5. The quantitative estimate of drug-likeness (QED) is 0.602. The van der Waals surface area contributed by atoms with Crippen molar-refractivity contribution in [3.63, 3.8) is 0 Å². The molecule has 1 amide bonds. The molecule has 8 heteroatoms. The molecule has 0 aliphatic heterocycles. The van der Waals surface area contributed by atoms with Gasteiger partial charge in [-0.3, -0.25) is 9.59 Å². The van der Waals surface area contributed by atoms with Crippen molar-refractivity contribution in [1.29, 1.82) is 0 Å². The fraction of sp³-hybridized carbons (Fsp3) is 0.227. The molecule has 1 aromatic heterocycles. The summed E-state index contributed by atoms with van der Waals surface area (Å²) >= 11 is 0. The molecule has 3 rings (SSSR count). The number of hydrogen-bond acceptors (Lipinski definition) is 6. The van der Waals surface area contributed by atoms with Gasteiger partial charge in [-0.2, -0.15) is 5.10 Å². The third-order valence-electron chi connectivity index (χ3n) is 4.58. The third kappa shape index (κ3) is 4.27. The first-order valence-corrected chi connectivity index (χ1v) is 9.19. The van der Waals surface area contributed by atoms with E-state index in [2.05, 4.69) is 10.4 Å². The normalized spacial score (nSPS) is 10.9. The minimum Gasteiger partial charge on any atom is -0.493 e. The number of hydrogen-bond donors (Lipinski definition) is 1. The number of rotatable bonds is 7. The van der Waals surface area contributed by atoms with Gasteiger partial charge < -0.3 is 19.5 Å². The number of carbonyl (C=O) groups is 1. The molecule has 2 aromatic carbocycles. The zero-order chi connectivity index (χ0) is 21.7. The summed E-state index contributed by atoms with van der Waals surface area (Å²) in [6.45, 7) is 0.188. The Labute approximate surface area is 173 Å². The largest absolute Gasteiger partial charge is 0.493 e. The molecule has 30 heavy (non-hydrogen) atoms. The molecule has 0 bridgehead atoms. The Morgan fingerprint density at radius 2 is 1.70 bits per heavy atom. The van der Waals surface area contributed by atoms with E-state index in [1.165, 1.54) is 32.1 Å². The van der Waals surface area contributed by atoms with Crippen LogP contribution in [0.15, 0.2) is 47.3 Å². The van der Waals surface area contributed by atoms with E-state index in [0.717, 1.165) is 5.39 Å². The van der Waals surface area contributed by atoms with Crippen LogP contribution in [0.3, 0.4) is 0 Å². The lowest BCUT2D eigenvalue weighted by atomic mass is 10.1. The van der Waals surface area contributed by atoms with Gasteiger partial charge in [-0.15, -0.1) is 0 Å². The molecular weight excluding hydrogens is 386 g/mol. The lowest BCUT2D eigenvalue weighted by molar-refractivity contribution is -0.116. The summed E-state index contributed by atoms with van der Waals surface area (Å²) in [5.41, 5.74) is 1.15. The molecular formula is C22H23N3O5. The third-order valence-corrected chi connectivity index (χ3v) is 4.58. The van der Waals surface area contributed by atoms with Gasteiger partial charge in [0.05, 0.1) is 39.0 Å². The average Bonchev–Trinajstić information content (AvgIpc) is 2.78. The van der Waals surface area contributed by atoms with Crippen LogP contribution in [-0.4, -0.2) is 37.0 Å². The second-order valence-corrected chi connectivity index (χ2v) is 6.43. The lowest BCUT2D eigenvalue weighted by Gasteiger charge is -2.12. The first-order chi connectivity index (χ1) is 14.5. The number of methoxy groups -OCH3 is 3. The van der Waals surface area contributed by atoms with E-state index < -0.39 is 0 Å². The SMILES string of the molecule is COc1cc(/C=C/C(=O)NCc2nn(C)c(=O)c3ccccc23)cc(OC)c1OC. The molecule has 0 saturated carbocycles. The molecule has 3 aromatic rings. The monoisotopic (exact) mass is 409 g/mol. The van der Waals surface area contributed by atoms with Crippen molar-refractivity contribution in [1.82, 2.24) is 15.1 Å². The Balaban J connectivity index is 1.77. The minimum absolute atomic E-state index is 0.178. The number of aryl methyl sites for hydroxylation is 1. The van der Waals surface area contributed by atoms with Gasteiger partial charge in [0.2, 0.25) is 11.7 Å². The number of nitrogens with one attached hydrogen (secondary N) is 1. The number of fused-ring (bicyclic) bond motifs is 1. The van der Waals surface area contributed by atoms with Crippen LogP contribution < -0.4 is 25.1 Å². The highest BCUT2D eigenvalue weighted by Crippen LogP contribution is 2.38. The fourth-order valence-electron chi connectivity index (χ4n) is 3.11. The number of aromatic nitrogens is 2. The molecule has 1 N–H and O–H groups in total. The molecule has 8 nitrogen and oxygen atoms in total. The maximum Gasteiger partial charge on any atom is 0.274 e. The zero-order valence-corrected chi connectivity index (χ0v) is 17.3. The van der Waals surface area contributed by atoms with Crippen LogP contribution in [-0.2, 0) is 18.4 Å². The zero-order valence-electron chi connectivity index (χ0n) is 17.3. The highest BCUT2D eigenvalue weighted by Gasteiger charge is 2.12. The summed E-state index contributed by atoms with van der Waals surface area (Å²) in [5.74, 6) is 1.17. The summed E-state index contributed by atoms with van der Waals surface area (Å²) in [6.07, 6.45) is 3.05. The van der Waals surface area contributed by atoms with Gasteiger partial charge in [-0.25, -0.2) is 4.68 Å². The lowest BCUT2D eigenvalue weighted by Crippen LogP contribution is -2.26. The van der Waals surface area contributed by atoms with E-state index in [1.54, 1.807) is 37.4 Å². The Bertz CT molecular complexity index is 1140. The van der Waals surface area contributed by atoms with Crippen LogP contribution in [0.5, 0.6) is 17.2 Å². The number of benzene rings is 2. The predicted molar refractivity (Wildman–Crippen MR) is 114 cm³/mol. The molecule has 0 unspecified atom stereocenters. The Kier molecular flexibility index (Phi) is 6.36. The Hall–Kier alpha value is -3.81. The van der Waals surface area contributed by atoms with Gasteiger partial charge in [-0.05, 0) is 29.8 Å². The van der Waals surface area contributed by atoms with E-state index in [4.69, 9.17) is 14.2 Å². The van der Waals surface area contributed by atoms with Crippen molar-refractivity contribution in [3.8, 4) is 17.2 Å². The van der Waals surface area contributed by atoms with Crippen molar-refractivity contribution in [2.24, 2.45) is 7.05 Å². The second-order valence-electron chi connectivity index (χ2n) is 6.43. The van der Waals surface area contributed by atoms with E-state index >= 15 is 0 Å². The highest BCUT2D eigenvalue weighted by molar-refractivity contribution is 5.92. The molecule has 1 heterocycles. The predicted octanol–water partition coefficient (Wildman–Crippen LogP) is 2.29. The van der Waals surface area contributed by atoms with E-state index in [-0.39, 0.29) is 18.0 Å². The van der Waals surface area contributed by atoms with Crippen molar-refractivity contribution in [3.05, 3.63) is 64.1 Å². The number of ether oxygens (including phenoxy) is 3. The van der Waals surface area contributed by atoms with Crippen LogP contribution in [0.4, 0.5) is 0 Å². The topological polar surface area (TPSA) is 91.7 Å². The van der Waals surface area contributed by atoms with E-state index in [9.17, 15) is 9.59 Å². The average molecular weight is 409 g/mol. The van der Waals surface area contributed by atoms with Gasteiger partial charge in [0.15, 0.2) is 11.5 Å². The smallest absolute Gasteiger partial charge is 0.274 e. The van der Waals surface area contributed by atoms with Crippen molar-refractivity contribution >= 4 is 22.8 Å². The van der Waals surface area contributed by atoms with Gasteiger partial charge >= 0.3 is 0 Å². The maximum atomic E-state index is 12.3. The van der Waals surface area contributed by atoms with Crippen molar-refractivity contribution < 1.29 is 19.0 Å². The fourth-order valence-corrected chi connectivity index (χ4v) is 3.11. The summed E-state index contributed by atoms with van der Waals surface area (Å²) in [5, 5.41) is 8.35. The maximum absolute atomic E-state index is 12.3. The van der Waals surface area contributed by atoms with Gasteiger partial charge in [0, 0.05) is 18.5 Å². The van der Waals surface area contributed by atoms with Gasteiger partial charge in [0.25, 0.3) is 5.56 Å². The number of nitrogens with zero attached hydrogens (tertiary/aromatic N) is 2. The van der Waals surface area contributed by atoms with Crippen LogP contribution in [0.1, 0.15) is 11.3 Å². The molecule has 0 aliphatic rings. The van der Waals surface area contributed by atoms with Crippen molar-refractivity contribution in [2.75, 3.05) is 21.3 Å². The van der Waals surface area contributed by atoms with Gasteiger partial charge in [0.1, 0.15) is 0 Å². The highest BCUT2D eigenvalue weighted by atomic mass is 16.5. The molecule has 0 atom stereocenters. The molecule has 0 radical (unpaired) electrons. The minimum atomic E-state index is -0.302. The van der Waals surface area contributed by atoms with Crippen LogP contribution >= 0.6 is 0 Å². The first-order valence-electron chi connectivity index (χ1n) is 9.19. The standard InChI is InChI=1S/C22H23N3O5/c1-25-22(27)16-8-6-5-7-15(16)17(24-25)13-23-20(26)10-9-14-11-18(28-2)21(30-4)19(12-14)29-3/h5-12H,13H2,1-4H3,(H,23,26)/b10-9+. The number of carbonyl (C=O) groups excluding carboxylic acids is 1. The Morgan fingerprint density at radius 1 is 1.07 bits per heavy atom. The van der Waals surface area contributed by atoms with E-state index in [0.29, 0.717) is 33.9 Å². The van der Waals surface area contributed by atoms with Gasteiger partial charge in [-0.1, -0.05) is 18.2 Å². The molecule has 0 aliphatic carbocycles. The summed E-state index contributed by atoms with van der Waals surface area (Å²) < 4.78 is 17.2. The van der Waals surface area contributed by atoms with Crippen LogP contribution in [0.2, 0.25) is 0 Å². The van der Waals surface area contributed by atoms with Crippen LogP contribution in [0.25, 0.3) is 16.8 Å². The molecule has 0 fully saturated rings. The van der Waals surface area contributed by atoms with Crippen LogP contribution in [0, 0.1) is 0 Å². The summed E-state index contributed by atoms with van der Waals surface area (Å²) in [7, 11) is 6.18. The van der Waals surface area contributed by atoms with E-state index in [1.807, 2.05) is 12.1 Å². The Morgan fingerprint density at radius 3 is 2.30 bits per heavy atom. The molecule has 156 valence electrons. The first kappa shape index (κ1) is 20.9. The van der Waals surface area contributed by atoms with Crippen molar-refractivity contribution in [2.45, 2.75) is 6.54 Å². The molecule has 0 saturated heterocycles.